The Hall–Kier alpha value is -3.49. The number of carbonyl (C=O) groups is 1. The highest BCUT2D eigenvalue weighted by molar-refractivity contribution is 9.10. The molecule has 0 aliphatic carbocycles. The fourth-order valence-electron chi connectivity index (χ4n) is 3.97. The van der Waals surface area contributed by atoms with Crippen molar-refractivity contribution in [2.24, 2.45) is 0 Å². The van der Waals surface area contributed by atoms with Gasteiger partial charge in [-0.05, 0) is 67.6 Å². The number of hydrogen-bond acceptors (Lipinski definition) is 5. The van der Waals surface area contributed by atoms with Crippen LogP contribution in [0.4, 0.5) is 0 Å². The summed E-state index contributed by atoms with van der Waals surface area (Å²) in [6.07, 6.45) is 0. The average molecular weight is 536 g/mol. The number of ether oxygens (including phenoxy) is 2. The molecule has 1 unspecified atom stereocenters. The smallest absolute Gasteiger partial charge is 0.266 e. The van der Waals surface area contributed by atoms with Gasteiger partial charge in [0.05, 0.1) is 36.3 Å². The molecule has 0 aliphatic rings. The zero-order chi connectivity index (χ0) is 24.9. The van der Waals surface area contributed by atoms with Crippen LogP contribution >= 0.6 is 15.9 Å². The van der Waals surface area contributed by atoms with Crippen LogP contribution in [0, 0.1) is 0 Å². The predicted molar refractivity (Wildman–Crippen MR) is 139 cm³/mol. The second-order valence-corrected chi connectivity index (χ2v) is 8.92. The lowest BCUT2D eigenvalue weighted by Gasteiger charge is -2.30. The van der Waals surface area contributed by atoms with Gasteiger partial charge in [-0.3, -0.25) is 14.2 Å². The molecule has 0 aliphatic heterocycles. The van der Waals surface area contributed by atoms with E-state index in [-0.39, 0.29) is 11.5 Å². The number of fused-ring (bicyclic) bond motifs is 1. The highest BCUT2D eigenvalue weighted by Gasteiger charge is 2.27. The number of rotatable bonds is 8. The summed E-state index contributed by atoms with van der Waals surface area (Å²) in [7, 11) is 3.18. The maximum absolute atomic E-state index is 13.7. The van der Waals surface area contributed by atoms with E-state index in [1.807, 2.05) is 43.3 Å². The third-order valence-electron chi connectivity index (χ3n) is 5.86. The predicted octanol–water partition coefficient (Wildman–Crippen LogP) is 5.01. The van der Waals surface area contributed by atoms with Crippen molar-refractivity contribution in [1.82, 2.24) is 14.5 Å². The fourth-order valence-corrected chi connectivity index (χ4v) is 4.23. The summed E-state index contributed by atoms with van der Waals surface area (Å²) in [5.74, 6) is 0.962. The number of halogens is 1. The van der Waals surface area contributed by atoms with Crippen LogP contribution in [0.1, 0.15) is 29.1 Å². The summed E-state index contributed by atoms with van der Waals surface area (Å²) in [4.78, 5) is 33.8. The zero-order valence-corrected chi connectivity index (χ0v) is 21.4. The summed E-state index contributed by atoms with van der Waals surface area (Å²) in [6, 6.07) is 21.1. The zero-order valence-electron chi connectivity index (χ0n) is 19.8. The van der Waals surface area contributed by atoms with Gasteiger partial charge in [-0.1, -0.05) is 28.1 Å². The summed E-state index contributed by atoms with van der Waals surface area (Å²) < 4.78 is 13.0. The Balaban J connectivity index is 1.88. The minimum atomic E-state index is -0.527. The Bertz CT molecular complexity index is 1380. The Morgan fingerprint density at radius 2 is 1.71 bits per heavy atom. The van der Waals surface area contributed by atoms with Crippen molar-refractivity contribution in [3.05, 3.63) is 99.0 Å². The van der Waals surface area contributed by atoms with E-state index in [4.69, 9.17) is 14.5 Å². The van der Waals surface area contributed by atoms with Crippen LogP contribution in [0.25, 0.3) is 16.6 Å². The third-order valence-corrected chi connectivity index (χ3v) is 6.39. The number of para-hydroxylation sites is 1. The van der Waals surface area contributed by atoms with Crippen LogP contribution in [0.15, 0.2) is 82.1 Å². The number of hydrogen-bond donors (Lipinski definition) is 0. The lowest BCUT2D eigenvalue weighted by Crippen LogP contribution is -2.39. The first kappa shape index (κ1) is 24.6. The number of methoxy groups -OCH3 is 2. The third kappa shape index (κ3) is 5.13. The van der Waals surface area contributed by atoms with Crippen molar-refractivity contribution < 1.29 is 14.3 Å². The molecule has 35 heavy (non-hydrogen) atoms. The number of amides is 1. The molecule has 3 aromatic carbocycles. The van der Waals surface area contributed by atoms with E-state index in [1.54, 1.807) is 60.1 Å². The van der Waals surface area contributed by atoms with Gasteiger partial charge in [-0.25, -0.2) is 4.98 Å². The minimum absolute atomic E-state index is 0.175. The highest BCUT2D eigenvalue weighted by Crippen LogP contribution is 2.25. The van der Waals surface area contributed by atoms with Gasteiger partial charge < -0.3 is 14.4 Å². The molecule has 4 aromatic rings. The molecule has 0 N–H and O–H groups in total. The molecule has 0 fully saturated rings. The molecule has 1 amide bonds. The summed E-state index contributed by atoms with van der Waals surface area (Å²) in [5.41, 5.74) is 1.55. The number of nitrogens with zero attached hydrogens (tertiary/aromatic N) is 3. The first-order valence-corrected chi connectivity index (χ1v) is 12.0. The van der Waals surface area contributed by atoms with Gasteiger partial charge in [0.15, 0.2) is 0 Å². The second-order valence-electron chi connectivity index (χ2n) is 8.00. The molecule has 0 radical (unpaired) electrons. The summed E-state index contributed by atoms with van der Waals surface area (Å²) in [6.45, 7) is 2.55. The van der Waals surface area contributed by atoms with Gasteiger partial charge in [-0.15, -0.1) is 0 Å². The molecule has 1 atom stereocenters. The maximum atomic E-state index is 13.7. The molecule has 1 aromatic heterocycles. The molecule has 0 saturated heterocycles. The number of benzene rings is 3. The molecular formula is C27H26BrN3O4. The number of aromatic nitrogens is 2. The Morgan fingerprint density at radius 3 is 2.37 bits per heavy atom. The van der Waals surface area contributed by atoms with Gasteiger partial charge in [0, 0.05) is 23.7 Å². The SMILES string of the molecule is COCCN(C(=O)c1ccc(Br)cc1)C(C)c1nc2ccccc2c(=O)n1-c1ccc(OC)cc1. The van der Waals surface area contributed by atoms with Crippen molar-refractivity contribution >= 4 is 32.7 Å². The van der Waals surface area contributed by atoms with Crippen LogP contribution in [0.3, 0.4) is 0 Å². The van der Waals surface area contributed by atoms with Gasteiger partial charge in [0.1, 0.15) is 11.6 Å². The van der Waals surface area contributed by atoms with E-state index in [1.165, 1.54) is 0 Å². The second kappa shape index (κ2) is 10.8. The van der Waals surface area contributed by atoms with Crippen molar-refractivity contribution in [3.8, 4) is 11.4 Å². The van der Waals surface area contributed by atoms with Gasteiger partial charge in [0.2, 0.25) is 0 Å². The normalized spacial score (nSPS) is 11.9. The van der Waals surface area contributed by atoms with Crippen molar-refractivity contribution in [3.63, 3.8) is 0 Å². The number of carbonyl (C=O) groups excluding carboxylic acids is 1. The van der Waals surface area contributed by atoms with Crippen LogP contribution in [-0.4, -0.2) is 47.7 Å². The lowest BCUT2D eigenvalue weighted by molar-refractivity contribution is 0.0605. The summed E-state index contributed by atoms with van der Waals surface area (Å²) >= 11 is 3.41. The topological polar surface area (TPSA) is 73.7 Å². The van der Waals surface area contributed by atoms with Crippen molar-refractivity contribution in [2.75, 3.05) is 27.4 Å². The fraction of sp³-hybridized carbons (Fsp3) is 0.222. The molecular weight excluding hydrogens is 510 g/mol. The maximum Gasteiger partial charge on any atom is 0.266 e. The summed E-state index contributed by atoms with van der Waals surface area (Å²) in [5, 5.41) is 0.502. The molecule has 4 rings (SSSR count). The van der Waals surface area contributed by atoms with Crippen molar-refractivity contribution in [2.45, 2.75) is 13.0 Å². The van der Waals surface area contributed by atoms with Crippen LogP contribution in [-0.2, 0) is 4.74 Å². The van der Waals surface area contributed by atoms with Gasteiger partial charge >= 0.3 is 0 Å². The van der Waals surface area contributed by atoms with Gasteiger partial charge in [0.25, 0.3) is 11.5 Å². The van der Waals surface area contributed by atoms with Crippen molar-refractivity contribution in [1.29, 1.82) is 0 Å². The molecule has 1 heterocycles. The van der Waals surface area contributed by atoms with Crippen LogP contribution < -0.4 is 10.3 Å². The minimum Gasteiger partial charge on any atom is -0.497 e. The molecule has 0 saturated carbocycles. The van der Waals surface area contributed by atoms with E-state index in [9.17, 15) is 9.59 Å². The highest BCUT2D eigenvalue weighted by atomic mass is 79.9. The molecule has 180 valence electrons. The Morgan fingerprint density at radius 1 is 1.03 bits per heavy atom. The van der Waals surface area contributed by atoms with Gasteiger partial charge in [-0.2, -0.15) is 0 Å². The molecule has 0 bridgehead atoms. The lowest BCUT2D eigenvalue weighted by atomic mass is 10.1. The Kier molecular flexibility index (Phi) is 7.63. The molecule has 0 spiro atoms. The standard InChI is InChI=1S/C27H26BrN3O4/c1-18(30(16-17-34-2)26(32)19-8-10-20(28)11-9-19)25-29-24-7-5-4-6-23(24)27(33)31(25)21-12-14-22(35-3)15-13-21/h4-15,18H,16-17H2,1-3H3. The monoisotopic (exact) mass is 535 g/mol. The van der Waals surface area contributed by atoms with E-state index in [0.717, 1.165) is 4.47 Å². The molecule has 8 heteroatoms. The first-order chi connectivity index (χ1) is 16.9. The van der Waals surface area contributed by atoms with E-state index in [0.29, 0.717) is 46.9 Å². The van der Waals surface area contributed by atoms with E-state index in [2.05, 4.69) is 15.9 Å². The quantitative estimate of drug-likeness (QED) is 0.317. The largest absolute Gasteiger partial charge is 0.497 e. The Labute approximate surface area is 212 Å². The van der Waals surface area contributed by atoms with E-state index < -0.39 is 6.04 Å². The first-order valence-electron chi connectivity index (χ1n) is 11.2. The molecule has 7 nitrogen and oxygen atoms in total. The van der Waals surface area contributed by atoms with E-state index >= 15 is 0 Å². The average Bonchev–Trinajstić information content (AvgIpc) is 2.89. The van der Waals surface area contributed by atoms with Crippen LogP contribution in [0.5, 0.6) is 5.75 Å². The van der Waals surface area contributed by atoms with Crippen LogP contribution in [0.2, 0.25) is 0 Å².